The normalized spacial score (nSPS) is 25.3. The third-order valence-corrected chi connectivity index (χ3v) is 6.74. The highest BCUT2D eigenvalue weighted by Gasteiger charge is 2.32. The van der Waals surface area contributed by atoms with E-state index in [1.54, 1.807) is 0 Å². The molecule has 3 rings (SSSR count). The van der Waals surface area contributed by atoms with E-state index in [1.807, 2.05) is 12.1 Å². The highest BCUT2D eigenvalue weighted by molar-refractivity contribution is 6.35. The van der Waals surface area contributed by atoms with Crippen molar-refractivity contribution >= 4 is 23.2 Å². The molecule has 0 spiro atoms. The third-order valence-electron chi connectivity index (χ3n) is 6.15. The number of piperidine rings is 1. The monoisotopic (exact) mass is 412 g/mol. The minimum Gasteiger partial charge on any atom is -0.381 e. The van der Waals surface area contributed by atoms with E-state index in [0.717, 1.165) is 55.5 Å². The lowest BCUT2D eigenvalue weighted by Gasteiger charge is -2.34. The van der Waals surface area contributed by atoms with Crippen LogP contribution in [0.5, 0.6) is 0 Å². The Balaban J connectivity index is 1.42. The van der Waals surface area contributed by atoms with Crippen LogP contribution in [0.3, 0.4) is 0 Å². The number of hydrogen-bond donors (Lipinski definition) is 0. The first-order valence-electron chi connectivity index (χ1n) is 10.5. The molecule has 1 aromatic rings. The summed E-state index contributed by atoms with van der Waals surface area (Å²) in [6.45, 7) is 13.4. The third kappa shape index (κ3) is 6.33. The van der Waals surface area contributed by atoms with Gasteiger partial charge < -0.3 is 9.64 Å². The number of ether oxygens (including phenoxy) is 1. The molecule has 152 valence electrons. The fourth-order valence-electron chi connectivity index (χ4n) is 4.46. The van der Waals surface area contributed by atoms with Gasteiger partial charge in [-0.15, -0.1) is 0 Å². The van der Waals surface area contributed by atoms with Gasteiger partial charge in [-0.2, -0.15) is 0 Å². The molecule has 2 aliphatic rings. The second-order valence-electron chi connectivity index (χ2n) is 8.49. The molecular weight excluding hydrogens is 379 g/mol. The molecule has 2 saturated heterocycles. The molecule has 27 heavy (non-hydrogen) atoms. The van der Waals surface area contributed by atoms with E-state index in [9.17, 15) is 0 Å². The number of rotatable bonds is 8. The molecule has 0 unspecified atom stereocenters. The minimum absolute atomic E-state index is 0.708. The summed E-state index contributed by atoms with van der Waals surface area (Å²) in [5.41, 5.74) is 1.18. The van der Waals surface area contributed by atoms with Crippen LogP contribution in [0.2, 0.25) is 10.0 Å². The zero-order valence-corrected chi connectivity index (χ0v) is 18.3. The van der Waals surface area contributed by atoms with Crippen molar-refractivity contribution in [3.05, 3.63) is 33.8 Å². The van der Waals surface area contributed by atoms with Crippen molar-refractivity contribution in [2.24, 2.45) is 17.8 Å². The summed E-state index contributed by atoms with van der Waals surface area (Å²) in [5, 5.41) is 1.49. The average molecular weight is 413 g/mol. The lowest BCUT2D eigenvalue weighted by Crippen LogP contribution is -2.39. The van der Waals surface area contributed by atoms with E-state index in [-0.39, 0.29) is 0 Å². The molecule has 1 aromatic carbocycles. The fourth-order valence-corrected chi connectivity index (χ4v) is 4.93. The van der Waals surface area contributed by atoms with Crippen LogP contribution in [-0.4, -0.2) is 55.7 Å². The minimum atomic E-state index is 0.708. The first-order chi connectivity index (χ1) is 13.0. The van der Waals surface area contributed by atoms with Crippen LogP contribution < -0.4 is 0 Å². The first kappa shape index (κ1) is 21.4. The second-order valence-corrected chi connectivity index (χ2v) is 9.33. The zero-order valence-electron chi connectivity index (χ0n) is 16.8. The molecule has 0 aliphatic carbocycles. The highest BCUT2D eigenvalue weighted by atomic mass is 35.5. The van der Waals surface area contributed by atoms with Gasteiger partial charge in [0.1, 0.15) is 0 Å². The van der Waals surface area contributed by atoms with E-state index in [1.165, 1.54) is 44.6 Å². The zero-order chi connectivity index (χ0) is 19.2. The molecule has 2 fully saturated rings. The summed E-state index contributed by atoms with van der Waals surface area (Å²) >= 11 is 12.4. The lowest BCUT2D eigenvalue weighted by molar-refractivity contribution is 0.0624. The smallest absolute Gasteiger partial charge is 0.0495 e. The van der Waals surface area contributed by atoms with Crippen LogP contribution in [0.1, 0.15) is 38.7 Å². The standard InChI is InChI=1S/C22H34Cl2N2O/c1-3-10-27-16-18-6-8-25(9-7-18)14-20-15-26(12-17(20)2)13-19-4-5-21(23)11-22(19)24/h4-5,11,17-18,20H,3,6-10,12-16H2,1-2H3/t17-,20-/m0/s1. The molecule has 0 N–H and O–H groups in total. The molecule has 2 aliphatic heterocycles. The van der Waals surface area contributed by atoms with Gasteiger partial charge in [0.2, 0.25) is 0 Å². The van der Waals surface area contributed by atoms with Gasteiger partial charge in [-0.05, 0) is 67.8 Å². The van der Waals surface area contributed by atoms with Crippen molar-refractivity contribution in [1.29, 1.82) is 0 Å². The quantitative estimate of drug-likeness (QED) is 0.545. The molecular formula is C22H34Cl2N2O. The molecule has 2 atom stereocenters. The number of hydrogen-bond acceptors (Lipinski definition) is 3. The van der Waals surface area contributed by atoms with Gasteiger partial charge in [-0.1, -0.05) is 43.1 Å². The maximum Gasteiger partial charge on any atom is 0.0495 e. The van der Waals surface area contributed by atoms with Gasteiger partial charge in [-0.3, -0.25) is 4.90 Å². The predicted octanol–water partition coefficient (Wildman–Crippen LogP) is 5.20. The summed E-state index contributed by atoms with van der Waals surface area (Å²) in [6.07, 6.45) is 3.69. The molecule has 0 radical (unpaired) electrons. The van der Waals surface area contributed by atoms with Gasteiger partial charge in [0, 0.05) is 49.4 Å². The van der Waals surface area contributed by atoms with Crippen molar-refractivity contribution in [1.82, 2.24) is 9.80 Å². The van der Waals surface area contributed by atoms with Gasteiger partial charge in [0.05, 0.1) is 0 Å². The molecule has 5 heteroatoms. The van der Waals surface area contributed by atoms with Crippen molar-refractivity contribution in [3.8, 4) is 0 Å². The average Bonchev–Trinajstić information content (AvgIpc) is 2.98. The van der Waals surface area contributed by atoms with Crippen molar-refractivity contribution in [2.45, 2.75) is 39.7 Å². The number of halogens is 2. The van der Waals surface area contributed by atoms with Crippen molar-refractivity contribution < 1.29 is 4.74 Å². The Kier molecular flexibility index (Phi) is 8.28. The molecule has 0 amide bonds. The van der Waals surface area contributed by atoms with Crippen molar-refractivity contribution in [2.75, 3.05) is 45.9 Å². The second kappa shape index (κ2) is 10.5. The van der Waals surface area contributed by atoms with E-state index in [4.69, 9.17) is 27.9 Å². The Morgan fingerprint density at radius 1 is 1.11 bits per heavy atom. The number of nitrogens with zero attached hydrogens (tertiary/aromatic N) is 2. The van der Waals surface area contributed by atoms with Gasteiger partial charge in [0.25, 0.3) is 0 Å². The Hall–Kier alpha value is -0.320. The molecule has 0 aromatic heterocycles. The van der Waals surface area contributed by atoms with E-state index < -0.39 is 0 Å². The van der Waals surface area contributed by atoms with Crippen LogP contribution >= 0.6 is 23.2 Å². The van der Waals surface area contributed by atoms with Crippen LogP contribution in [0, 0.1) is 17.8 Å². The van der Waals surface area contributed by atoms with Gasteiger partial charge in [-0.25, -0.2) is 0 Å². The van der Waals surface area contributed by atoms with Gasteiger partial charge in [0.15, 0.2) is 0 Å². The number of benzene rings is 1. The van der Waals surface area contributed by atoms with Crippen LogP contribution in [-0.2, 0) is 11.3 Å². The summed E-state index contributed by atoms with van der Waals surface area (Å²) in [7, 11) is 0. The van der Waals surface area contributed by atoms with Crippen LogP contribution in [0.25, 0.3) is 0 Å². The van der Waals surface area contributed by atoms with Crippen LogP contribution in [0.4, 0.5) is 0 Å². The Morgan fingerprint density at radius 2 is 1.89 bits per heavy atom. The van der Waals surface area contributed by atoms with Crippen LogP contribution in [0.15, 0.2) is 18.2 Å². The molecule has 3 nitrogen and oxygen atoms in total. The lowest BCUT2D eigenvalue weighted by atomic mass is 9.94. The van der Waals surface area contributed by atoms with E-state index >= 15 is 0 Å². The summed E-state index contributed by atoms with van der Waals surface area (Å²) in [4.78, 5) is 5.23. The maximum atomic E-state index is 6.37. The van der Waals surface area contributed by atoms with Gasteiger partial charge >= 0.3 is 0 Å². The maximum absolute atomic E-state index is 6.37. The van der Waals surface area contributed by atoms with E-state index in [2.05, 4.69) is 29.7 Å². The molecule has 2 heterocycles. The Labute approximate surface area is 174 Å². The Morgan fingerprint density at radius 3 is 2.59 bits per heavy atom. The molecule has 0 bridgehead atoms. The summed E-state index contributed by atoms with van der Waals surface area (Å²) in [6, 6.07) is 5.85. The predicted molar refractivity (Wildman–Crippen MR) is 115 cm³/mol. The fraction of sp³-hybridized carbons (Fsp3) is 0.727. The summed E-state index contributed by atoms with van der Waals surface area (Å²) < 4.78 is 5.75. The number of likely N-dealkylation sites (tertiary alicyclic amines) is 2. The highest BCUT2D eigenvalue weighted by Crippen LogP contribution is 2.29. The summed E-state index contributed by atoms with van der Waals surface area (Å²) in [5.74, 6) is 2.25. The Bertz CT molecular complexity index is 590. The first-order valence-corrected chi connectivity index (χ1v) is 11.3. The van der Waals surface area contributed by atoms with E-state index in [0.29, 0.717) is 5.02 Å². The largest absolute Gasteiger partial charge is 0.381 e. The topological polar surface area (TPSA) is 15.7 Å². The molecule has 0 saturated carbocycles. The van der Waals surface area contributed by atoms with Crippen molar-refractivity contribution in [3.63, 3.8) is 0 Å². The SMILES string of the molecule is CCCOCC1CCN(C[C@H]2CN(Cc3ccc(Cl)cc3Cl)C[C@@H]2C)CC1.